The highest BCUT2D eigenvalue weighted by Gasteiger charge is 2.16. The molecule has 2 aromatic rings. The van der Waals surface area contributed by atoms with E-state index in [2.05, 4.69) is 5.32 Å². The predicted octanol–water partition coefficient (Wildman–Crippen LogP) is 4.14. The number of anilines is 1. The molecule has 8 heteroatoms. The Balaban J connectivity index is 1.44. The van der Waals surface area contributed by atoms with Crippen molar-refractivity contribution < 1.29 is 27.7 Å². The van der Waals surface area contributed by atoms with Crippen molar-refractivity contribution in [3.63, 3.8) is 0 Å². The molecule has 0 spiro atoms. The fourth-order valence-corrected chi connectivity index (χ4v) is 3.30. The van der Waals surface area contributed by atoms with Crippen LogP contribution in [0.5, 0.6) is 5.75 Å². The summed E-state index contributed by atoms with van der Waals surface area (Å²) in [5.41, 5.74) is 1.91. The van der Waals surface area contributed by atoms with Gasteiger partial charge < -0.3 is 10.1 Å². The van der Waals surface area contributed by atoms with E-state index in [1.807, 2.05) is 18.2 Å². The first kappa shape index (κ1) is 20.9. The molecule has 0 unspecified atom stereocenters. The van der Waals surface area contributed by atoms with Crippen LogP contribution >= 0.6 is 12.0 Å². The average molecular weight is 417 g/mol. The second-order valence-corrected chi connectivity index (χ2v) is 7.28. The summed E-state index contributed by atoms with van der Waals surface area (Å²) >= 11 is 0.985. The molecule has 1 aliphatic heterocycles. The summed E-state index contributed by atoms with van der Waals surface area (Å²) in [5, 5.41) is 2.84. The summed E-state index contributed by atoms with van der Waals surface area (Å²) in [6, 6.07) is 11.5. The van der Waals surface area contributed by atoms with Gasteiger partial charge in [0.15, 0.2) is 12.0 Å². The Hall–Kier alpha value is -2.87. The molecule has 0 atom stereocenters. The number of nitrogens with one attached hydrogen (secondary N) is 1. The van der Waals surface area contributed by atoms with Crippen molar-refractivity contribution in [3.05, 3.63) is 53.8 Å². The van der Waals surface area contributed by atoms with E-state index in [0.29, 0.717) is 37.2 Å². The molecule has 6 nitrogen and oxygen atoms in total. The lowest BCUT2D eigenvalue weighted by Crippen LogP contribution is -2.18. The van der Waals surface area contributed by atoms with Gasteiger partial charge in [0.05, 0.1) is 23.2 Å². The van der Waals surface area contributed by atoms with Crippen molar-refractivity contribution in [3.8, 4) is 5.75 Å². The number of rotatable bonds is 8. The van der Waals surface area contributed by atoms with Crippen molar-refractivity contribution in [2.45, 2.75) is 37.5 Å². The van der Waals surface area contributed by atoms with Crippen LogP contribution in [0.25, 0.3) is 0 Å². The molecule has 1 aliphatic rings. The number of fused-ring (bicyclic) bond motifs is 1. The van der Waals surface area contributed by atoms with E-state index in [1.165, 1.54) is 19.1 Å². The third-order valence-corrected chi connectivity index (χ3v) is 4.92. The molecule has 0 aliphatic carbocycles. The molecule has 2 amide bonds. The molecule has 3 rings (SSSR count). The zero-order valence-electron chi connectivity index (χ0n) is 16.0. The number of hydroxylamine groups is 1. The first-order valence-electron chi connectivity index (χ1n) is 9.30. The van der Waals surface area contributed by atoms with Gasteiger partial charge in [0.25, 0.3) is 0 Å². The van der Waals surface area contributed by atoms with Crippen LogP contribution in [0.4, 0.5) is 10.1 Å². The normalized spacial score (nSPS) is 13.4. The van der Waals surface area contributed by atoms with E-state index in [9.17, 15) is 14.0 Å². The van der Waals surface area contributed by atoms with Gasteiger partial charge >= 0.3 is 5.91 Å². The first-order chi connectivity index (χ1) is 14.0. The molecule has 0 fully saturated rings. The van der Waals surface area contributed by atoms with Crippen molar-refractivity contribution in [2.75, 3.05) is 11.9 Å². The molecule has 0 radical (unpaired) electrons. The number of hydrogen-bond donors (Lipinski definition) is 1. The van der Waals surface area contributed by atoms with Crippen molar-refractivity contribution in [2.24, 2.45) is 0 Å². The average Bonchev–Trinajstić information content (AvgIpc) is 2.71. The number of nitrogens with zero attached hydrogens (tertiary/aromatic N) is 1. The number of carbonyl (C=O) groups excluding carboxylic acids is 2. The van der Waals surface area contributed by atoms with Gasteiger partial charge in [-0.25, -0.2) is 9.18 Å². The van der Waals surface area contributed by atoms with Gasteiger partial charge in [0.2, 0.25) is 12.1 Å². The number of benzene rings is 2. The maximum absolute atomic E-state index is 12.9. The van der Waals surface area contributed by atoms with E-state index in [1.54, 1.807) is 18.3 Å². The predicted molar refractivity (Wildman–Crippen MR) is 108 cm³/mol. The zero-order chi connectivity index (χ0) is 20.6. The molecule has 0 bridgehead atoms. The van der Waals surface area contributed by atoms with Crippen molar-refractivity contribution >= 4 is 35.8 Å². The molecule has 152 valence electrons. The van der Waals surface area contributed by atoms with Gasteiger partial charge in [-0.2, -0.15) is 4.28 Å². The summed E-state index contributed by atoms with van der Waals surface area (Å²) in [6.07, 6.45) is 4.14. The molecular weight excluding hydrogens is 395 g/mol. The maximum Gasteiger partial charge on any atom is 0.432 e. The standard InChI is InChI=1S/C21H21FN2O4S/c1-15(25)24(28-29-19-8-5-17(22)6-9-19)12-2-3-13-27-18-7-10-20-16(14-18)4-11-21(26)23-20/h5-10,12,14H,2-4,11,13H2,1H3/p+1. The molecular formula is C21H22FN2O4S+. The maximum atomic E-state index is 12.9. The van der Waals surface area contributed by atoms with Crippen molar-refractivity contribution in [1.82, 2.24) is 0 Å². The van der Waals surface area contributed by atoms with Gasteiger partial charge in [-0.1, -0.05) is 0 Å². The number of halogens is 1. The topological polar surface area (TPSA) is 67.6 Å². The summed E-state index contributed by atoms with van der Waals surface area (Å²) in [5.74, 6) is 0.216. The number of hydrogen-bond acceptors (Lipinski definition) is 5. The molecule has 0 saturated heterocycles. The zero-order valence-corrected chi connectivity index (χ0v) is 16.8. The minimum atomic E-state index is -0.326. The number of aryl methyl sites for hydroxylation is 1. The molecule has 2 aromatic carbocycles. The van der Waals surface area contributed by atoms with E-state index in [4.69, 9.17) is 9.02 Å². The molecule has 0 aromatic heterocycles. The van der Waals surface area contributed by atoms with Gasteiger partial charge in [-0.15, -0.1) is 0 Å². The van der Waals surface area contributed by atoms with Crippen LogP contribution in [0.15, 0.2) is 47.4 Å². The van der Waals surface area contributed by atoms with Gasteiger partial charge in [0.1, 0.15) is 11.6 Å². The first-order valence-corrected chi connectivity index (χ1v) is 10.0. The van der Waals surface area contributed by atoms with Crippen molar-refractivity contribution in [1.29, 1.82) is 0 Å². The Bertz CT molecular complexity index is 915. The summed E-state index contributed by atoms with van der Waals surface area (Å²) < 4.78 is 25.3. The van der Waals surface area contributed by atoms with Crippen LogP contribution < -0.4 is 10.1 Å². The fourth-order valence-electron chi connectivity index (χ4n) is 2.72. The molecule has 1 N–H and O–H groups in total. The number of unbranched alkanes of at least 4 members (excludes halogenated alkanes) is 1. The van der Waals surface area contributed by atoms with Crippen LogP contribution in [0, 0.1) is 5.82 Å². The van der Waals surface area contributed by atoms with E-state index in [0.717, 1.165) is 33.8 Å². The second kappa shape index (κ2) is 10.1. The number of ether oxygens (including phenoxy) is 1. The van der Waals surface area contributed by atoms with Crippen LogP contribution in [0.1, 0.15) is 31.7 Å². The Morgan fingerprint density at radius 3 is 2.79 bits per heavy atom. The Morgan fingerprint density at radius 1 is 1.24 bits per heavy atom. The van der Waals surface area contributed by atoms with Crippen LogP contribution in [-0.4, -0.2) is 29.4 Å². The van der Waals surface area contributed by atoms with Crippen LogP contribution in [-0.2, 0) is 20.3 Å². The third kappa shape index (κ3) is 6.32. The van der Waals surface area contributed by atoms with Gasteiger partial charge in [-0.05, 0) is 60.9 Å². The number of amides is 2. The van der Waals surface area contributed by atoms with E-state index in [-0.39, 0.29) is 17.6 Å². The Labute approximate surface area is 172 Å². The number of carbonyl (C=O) groups is 2. The monoisotopic (exact) mass is 417 g/mol. The largest absolute Gasteiger partial charge is 0.494 e. The van der Waals surface area contributed by atoms with Crippen LogP contribution in [0.3, 0.4) is 0 Å². The smallest absolute Gasteiger partial charge is 0.432 e. The highest BCUT2D eigenvalue weighted by Crippen LogP contribution is 2.26. The quantitative estimate of drug-likeness (QED) is 0.230. The lowest BCUT2D eigenvalue weighted by molar-refractivity contribution is -0.666. The second-order valence-electron chi connectivity index (χ2n) is 6.50. The van der Waals surface area contributed by atoms with Gasteiger partial charge in [0, 0.05) is 18.5 Å². The van der Waals surface area contributed by atoms with E-state index >= 15 is 0 Å². The Morgan fingerprint density at radius 2 is 2.03 bits per heavy atom. The van der Waals surface area contributed by atoms with E-state index < -0.39 is 0 Å². The lowest BCUT2D eigenvalue weighted by Gasteiger charge is -2.17. The summed E-state index contributed by atoms with van der Waals surface area (Å²) in [7, 11) is 0. The highest BCUT2D eigenvalue weighted by atomic mass is 32.2. The minimum absolute atomic E-state index is 0.0385. The fraction of sp³-hybridized carbons (Fsp3) is 0.286. The molecule has 0 saturated carbocycles. The highest BCUT2D eigenvalue weighted by molar-refractivity contribution is 7.94. The molecule has 1 heterocycles. The minimum Gasteiger partial charge on any atom is -0.494 e. The summed E-state index contributed by atoms with van der Waals surface area (Å²) in [6.45, 7) is 1.89. The lowest BCUT2D eigenvalue weighted by atomic mass is 10.0. The Kier molecular flexibility index (Phi) is 7.24. The summed E-state index contributed by atoms with van der Waals surface area (Å²) in [4.78, 5) is 23.8. The SMILES string of the molecule is CC(=O)[N+](=CCCCOc1ccc2c(c1)CCC(=O)N2)OSc1ccc(F)cc1. The van der Waals surface area contributed by atoms with Gasteiger partial charge in [-0.3, -0.25) is 4.79 Å². The van der Waals surface area contributed by atoms with Crippen LogP contribution in [0.2, 0.25) is 0 Å². The third-order valence-electron chi connectivity index (χ3n) is 4.22. The molecule has 29 heavy (non-hydrogen) atoms.